The summed E-state index contributed by atoms with van der Waals surface area (Å²) in [5.41, 5.74) is 0.893. The zero-order valence-corrected chi connectivity index (χ0v) is 13.2. The van der Waals surface area contributed by atoms with Crippen LogP contribution in [-0.4, -0.2) is 44.2 Å². The number of hydrogen-bond acceptors (Lipinski definition) is 4. The van der Waals surface area contributed by atoms with Crippen molar-refractivity contribution in [2.24, 2.45) is 5.92 Å². The van der Waals surface area contributed by atoms with E-state index in [9.17, 15) is 4.79 Å². The second-order valence-electron chi connectivity index (χ2n) is 5.82. The Kier molecular flexibility index (Phi) is 5.62. The molecule has 116 valence electrons. The Bertz CT molecular complexity index is 467. The number of esters is 1. The summed E-state index contributed by atoms with van der Waals surface area (Å²) in [7, 11) is 3.57. The molecule has 1 aromatic carbocycles. The minimum absolute atomic E-state index is 0.164. The standard InChI is InChI=1S/C17H25NO3/c1-13(14-8-10-18(2)11-9-14)21-16-7-5-4-6-15(16)12-17(19)20-3/h4-7,13-14H,8-12H2,1-3H3. The number of carbonyl (C=O) groups excluding carboxylic acids is 1. The molecule has 0 bridgehead atoms. The van der Waals surface area contributed by atoms with Gasteiger partial charge in [0.05, 0.1) is 19.6 Å². The second-order valence-corrected chi connectivity index (χ2v) is 5.82. The van der Waals surface area contributed by atoms with Crippen LogP contribution in [0.4, 0.5) is 0 Å². The highest BCUT2D eigenvalue weighted by Gasteiger charge is 2.24. The van der Waals surface area contributed by atoms with Crippen LogP contribution in [0, 0.1) is 5.92 Å². The molecule has 1 unspecified atom stereocenters. The van der Waals surface area contributed by atoms with Gasteiger partial charge in [-0.1, -0.05) is 18.2 Å². The molecule has 2 rings (SSSR count). The largest absolute Gasteiger partial charge is 0.490 e. The lowest BCUT2D eigenvalue weighted by molar-refractivity contribution is -0.139. The Morgan fingerprint density at radius 2 is 2.00 bits per heavy atom. The highest BCUT2D eigenvalue weighted by molar-refractivity contribution is 5.73. The van der Waals surface area contributed by atoms with Crippen molar-refractivity contribution in [3.8, 4) is 5.75 Å². The van der Waals surface area contributed by atoms with E-state index in [1.165, 1.54) is 7.11 Å². The molecule has 1 aromatic rings. The molecule has 21 heavy (non-hydrogen) atoms. The molecule has 1 fully saturated rings. The van der Waals surface area contributed by atoms with Crippen LogP contribution in [0.15, 0.2) is 24.3 Å². The van der Waals surface area contributed by atoms with Crippen molar-refractivity contribution in [2.45, 2.75) is 32.3 Å². The van der Waals surface area contributed by atoms with E-state index in [-0.39, 0.29) is 18.5 Å². The van der Waals surface area contributed by atoms with E-state index in [0.29, 0.717) is 5.92 Å². The highest BCUT2D eigenvalue weighted by Crippen LogP contribution is 2.26. The fourth-order valence-electron chi connectivity index (χ4n) is 2.79. The predicted molar refractivity (Wildman–Crippen MR) is 82.5 cm³/mol. The first kappa shape index (κ1) is 15.8. The molecule has 1 aliphatic rings. The number of hydrogen-bond donors (Lipinski definition) is 0. The van der Waals surface area contributed by atoms with Crippen molar-refractivity contribution in [3.05, 3.63) is 29.8 Å². The summed E-state index contributed by atoms with van der Waals surface area (Å²) in [5, 5.41) is 0. The van der Waals surface area contributed by atoms with Crippen molar-refractivity contribution >= 4 is 5.97 Å². The average molecular weight is 291 g/mol. The van der Waals surface area contributed by atoms with Crippen LogP contribution in [0.25, 0.3) is 0 Å². The number of nitrogens with zero attached hydrogens (tertiary/aromatic N) is 1. The fraction of sp³-hybridized carbons (Fsp3) is 0.588. The first-order valence-electron chi connectivity index (χ1n) is 7.60. The number of carbonyl (C=O) groups is 1. The van der Waals surface area contributed by atoms with Gasteiger partial charge in [0.1, 0.15) is 5.75 Å². The van der Waals surface area contributed by atoms with Gasteiger partial charge in [-0.3, -0.25) is 4.79 Å². The molecule has 1 atom stereocenters. The van der Waals surface area contributed by atoms with Crippen LogP contribution < -0.4 is 4.74 Å². The van der Waals surface area contributed by atoms with Gasteiger partial charge in [-0.2, -0.15) is 0 Å². The zero-order valence-electron chi connectivity index (χ0n) is 13.2. The third kappa shape index (κ3) is 4.46. The summed E-state index contributed by atoms with van der Waals surface area (Å²) < 4.78 is 10.9. The SMILES string of the molecule is COC(=O)Cc1ccccc1OC(C)C1CCN(C)CC1. The predicted octanol–water partition coefficient (Wildman–Crippen LogP) is 2.51. The molecule has 0 radical (unpaired) electrons. The smallest absolute Gasteiger partial charge is 0.310 e. The average Bonchev–Trinajstić information content (AvgIpc) is 2.49. The van der Waals surface area contributed by atoms with Gasteiger partial charge in [0, 0.05) is 5.56 Å². The number of rotatable bonds is 5. The van der Waals surface area contributed by atoms with Gasteiger partial charge >= 0.3 is 5.97 Å². The maximum Gasteiger partial charge on any atom is 0.310 e. The van der Waals surface area contributed by atoms with E-state index in [4.69, 9.17) is 9.47 Å². The van der Waals surface area contributed by atoms with E-state index in [1.54, 1.807) is 0 Å². The molecule has 0 spiro atoms. The van der Waals surface area contributed by atoms with Crippen LogP contribution in [0.3, 0.4) is 0 Å². The summed E-state index contributed by atoms with van der Waals surface area (Å²) in [6.07, 6.45) is 2.75. The number of methoxy groups -OCH3 is 1. The molecule has 0 aromatic heterocycles. The van der Waals surface area contributed by atoms with Gasteiger partial charge in [-0.25, -0.2) is 0 Å². The van der Waals surface area contributed by atoms with Gasteiger partial charge in [0.15, 0.2) is 0 Å². The molecule has 1 saturated heterocycles. The summed E-state index contributed by atoms with van der Waals surface area (Å²) >= 11 is 0. The van der Waals surface area contributed by atoms with Gasteiger partial charge in [-0.15, -0.1) is 0 Å². The molecular weight excluding hydrogens is 266 g/mol. The van der Waals surface area contributed by atoms with Crippen molar-refractivity contribution in [1.29, 1.82) is 0 Å². The third-order valence-corrected chi connectivity index (χ3v) is 4.28. The minimum atomic E-state index is -0.238. The normalized spacial score (nSPS) is 18.2. The number of piperidine rings is 1. The summed E-state index contributed by atoms with van der Waals surface area (Å²) in [5.74, 6) is 1.14. The zero-order chi connectivity index (χ0) is 15.2. The number of likely N-dealkylation sites (tertiary alicyclic amines) is 1. The lowest BCUT2D eigenvalue weighted by Crippen LogP contribution is -2.36. The van der Waals surface area contributed by atoms with E-state index >= 15 is 0 Å². The molecule has 0 amide bonds. The Morgan fingerprint density at radius 3 is 2.67 bits per heavy atom. The van der Waals surface area contributed by atoms with Gasteiger partial charge in [-0.05, 0) is 51.9 Å². The molecule has 1 aliphatic heterocycles. The van der Waals surface area contributed by atoms with Crippen LogP contribution in [0.5, 0.6) is 5.75 Å². The van der Waals surface area contributed by atoms with E-state index in [0.717, 1.165) is 37.2 Å². The fourth-order valence-corrected chi connectivity index (χ4v) is 2.79. The van der Waals surface area contributed by atoms with Gasteiger partial charge in [0.25, 0.3) is 0 Å². The highest BCUT2D eigenvalue weighted by atomic mass is 16.5. The molecule has 0 aliphatic carbocycles. The molecule has 4 nitrogen and oxygen atoms in total. The Balaban J connectivity index is 2.00. The van der Waals surface area contributed by atoms with Crippen LogP contribution >= 0.6 is 0 Å². The number of para-hydroxylation sites is 1. The maximum atomic E-state index is 11.5. The van der Waals surface area contributed by atoms with Crippen molar-refractivity contribution < 1.29 is 14.3 Å². The lowest BCUT2D eigenvalue weighted by Gasteiger charge is -2.33. The second kappa shape index (κ2) is 7.46. The maximum absolute atomic E-state index is 11.5. The molecule has 0 N–H and O–H groups in total. The Hall–Kier alpha value is -1.55. The van der Waals surface area contributed by atoms with Gasteiger partial charge < -0.3 is 14.4 Å². The summed E-state index contributed by atoms with van der Waals surface area (Å²) in [4.78, 5) is 13.8. The minimum Gasteiger partial charge on any atom is -0.490 e. The van der Waals surface area contributed by atoms with Crippen LogP contribution in [0.2, 0.25) is 0 Å². The number of ether oxygens (including phenoxy) is 2. The topological polar surface area (TPSA) is 38.8 Å². The monoisotopic (exact) mass is 291 g/mol. The quantitative estimate of drug-likeness (QED) is 0.781. The van der Waals surface area contributed by atoms with Gasteiger partial charge in [0.2, 0.25) is 0 Å². The molecule has 4 heteroatoms. The van der Waals surface area contributed by atoms with Crippen molar-refractivity contribution in [2.75, 3.05) is 27.2 Å². The summed E-state index contributed by atoms with van der Waals surface area (Å²) in [6.45, 7) is 4.38. The Morgan fingerprint density at radius 1 is 1.33 bits per heavy atom. The Labute approximate surface area is 127 Å². The number of benzene rings is 1. The van der Waals surface area contributed by atoms with E-state index in [1.807, 2.05) is 24.3 Å². The molecular formula is C17H25NO3. The van der Waals surface area contributed by atoms with Crippen LogP contribution in [0.1, 0.15) is 25.3 Å². The first-order valence-corrected chi connectivity index (χ1v) is 7.60. The van der Waals surface area contributed by atoms with E-state index < -0.39 is 0 Å². The first-order chi connectivity index (χ1) is 10.1. The van der Waals surface area contributed by atoms with Crippen LogP contribution in [-0.2, 0) is 16.0 Å². The molecule has 1 heterocycles. The lowest BCUT2D eigenvalue weighted by atomic mass is 9.92. The summed E-state index contributed by atoms with van der Waals surface area (Å²) in [6, 6.07) is 7.72. The van der Waals surface area contributed by atoms with Crippen molar-refractivity contribution in [3.63, 3.8) is 0 Å². The van der Waals surface area contributed by atoms with E-state index in [2.05, 4.69) is 18.9 Å². The third-order valence-electron chi connectivity index (χ3n) is 4.28. The van der Waals surface area contributed by atoms with Crippen molar-refractivity contribution in [1.82, 2.24) is 4.90 Å². The molecule has 0 saturated carbocycles.